The summed E-state index contributed by atoms with van der Waals surface area (Å²) in [6.45, 7) is 0. The summed E-state index contributed by atoms with van der Waals surface area (Å²) in [5.74, 6) is 0.883. The average molecular weight is 409 g/mol. The van der Waals surface area contributed by atoms with E-state index in [-0.39, 0.29) is 5.91 Å². The van der Waals surface area contributed by atoms with Crippen LogP contribution in [0.3, 0.4) is 0 Å². The molecular formula is C20H13BrN2O3. The number of fused-ring (bicyclic) bond motifs is 1. The normalized spacial score (nSPS) is 11.3. The number of halogens is 1. The fraction of sp³-hybridized carbons (Fsp3) is 0. The molecule has 0 saturated carbocycles. The molecule has 0 aliphatic carbocycles. The summed E-state index contributed by atoms with van der Waals surface area (Å²) in [5, 5.41) is 2.80. The van der Waals surface area contributed by atoms with Gasteiger partial charge < -0.3 is 14.2 Å². The molecule has 4 aromatic rings. The zero-order valence-electron chi connectivity index (χ0n) is 13.5. The number of furan rings is 1. The molecule has 0 bridgehead atoms. The number of rotatable bonds is 4. The second kappa shape index (κ2) is 7.01. The van der Waals surface area contributed by atoms with Crippen LogP contribution in [-0.4, -0.2) is 10.9 Å². The molecule has 5 nitrogen and oxygen atoms in total. The van der Waals surface area contributed by atoms with Crippen molar-refractivity contribution in [1.82, 2.24) is 4.98 Å². The number of anilines is 1. The summed E-state index contributed by atoms with van der Waals surface area (Å²) in [4.78, 5) is 16.5. The van der Waals surface area contributed by atoms with Crippen molar-refractivity contribution in [2.45, 2.75) is 0 Å². The Morgan fingerprint density at radius 2 is 2.00 bits per heavy atom. The molecule has 4 rings (SSSR count). The van der Waals surface area contributed by atoms with Crippen molar-refractivity contribution in [3.63, 3.8) is 0 Å². The third-order valence-corrected chi connectivity index (χ3v) is 4.39. The first-order valence-electron chi connectivity index (χ1n) is 7.87. The third-order valence-electron chi connectivity index (χ3n) is 3.70. The van der Waals surface area contributed by atoms with Gasteiger partial charge in [0.05, 0.1) is 11.8 Å². The van der Waals surface area contributed by atoms with Crippen LogP contribution in [0.2, 0.25) is 0 Å². The zero-order chi connectivity index (χ0) is 17.9. The van der Waals surface area contributed by atoms with Crippen LogP contribution >= 0.6 is 15.9 Å². The lowest BCUT2D eigenvalue weighted by molar-refractivity contribution is -0.111. The van der Waals surface area contributed by atoms with Gasteiger partial charge in [0.2, 0.25) is 11.8 Å². The highest BCUT2D eigenvalue weighted by atomic mass is 79.9. The molecule has 0 unspecified atom stereocenters. The lowest BCUT2D eigenvalue weighted by atomic mass is 10.2. The molecule has 1 N–H and O–H groups in total. The maximum absolute atomic E-state index is 12.0. The van der Waals surface area contributed by atoms with Crippen LogP contribution in [0.4, 0.5) is 5.69 Å². The van der Waals surface area contributed by atoms with Crippen molar-refractivity contribution in [3.8, 4) is 11.5 Å². The number of nitrogens with zero attached hydrogens (tertiary/aromatic N) is 1. The number of carbonyl (C=O) groups is 1. The molecule has 2 heterocycles. The molecule has 1 amide bonds. The maximum atomic E-state index is 12.0. The number of benzene rings is 2. The number of carbonyl (C=O) groups excluding carboxylic acids is 1. The van der Waals surface area contributed by atoms with Gasteiger partial charge >= 0.3 is 0 Å². The molecule has 0 radical (unpaired) electrons. The van der Waals surface area contributed by atoms with E-state index in [4.69, 9.17) is 8.83 Å². The topological polar surface area (TPSA) is 68.3 Å². The summed E-state index contributed by atoms with van der Waals surface area (Å²) < 4.78 is 11.9. The van der Waals surface area contributed by atoms with Gasteiger partial charge in [0.1, 0.15) is 11.3 Å². The van der Waals surface area contributed by atoms with Gasteiger partial charge in [-0.25, -0.2) is 4.98 Å². The summed E-state index contributed by atoms with van der Waals surface area (Å²) >= 11 is 3.50. The Morgan fingerprint density at radius 3 is 2.81 bits per heavy atom. The second-order valence-corrected chi connectivity index (χ2v) is 6.37. The van der Waals surface area contributed by atoms with E-state index in [2.05, 4.69) is 26.2 Å². The van der Waals surface area contributed by atoms with Gasteiger partial charge in [-0.2, -0.15) is 0 Å². The van der Waals surface area contributed by atoms with E-state index in [0.717, 1.165) is 10.0 Å². The molecule has 128 valence electrons. The summed E-state index contributed by atoms with van der Waals surface area (Å²) in [6.07, 6.45) is 4.58. The van der Waals surface area contributed by atoms with E-state index in [1.54, 1.807) is 42.7 Å². The molecule has 0 fully saturated rings. The Morgan fingerprint density at radius 1 is 1.12 bits per heavy atom. The first kappa shape index (κ1) is 16.4. The van der Waals surface area contributed by atoms with Crippen molar-refractivity contribution < 1.29 is 13.6 Å². The van der Waals surface area contributed by atoms with Crippen LogP contribution in [0.15, 0.2) is 80.2 Å². The van der Waals surface area contributed by atoms with Gasteiger partial charge in [-0.3, -0.25) is 4.79 Å². The highest BCUT2D eigenvalue weighted by Gasteiger charge is 2.11. The highest BCUT2D eigenvalue weighted by molar-refractivity contribution is 9.10. The summed E-state index contributed by atoms with van der Waals surface area (Å²) in [6, 6.07) is 16.6. The van der Waals surface area contributed by atoms with Gasteiger partial charge in [0, 0.05) is 16.2 Å². The van der Waals surface area contributed by atoms with Crippen molar-refractivity contribution in [2.75, 3.05) is 5.32 Å². The fourth-order valence-electron chi connectivity index (χ4n) is 2.48. The highest BCUT2D eigenvalue weighted by Crippen LogP contribution is 2.30. The first-order valence-corrected chi connectivity index (χ1v) is 8.66. The van der Waals surface area contributed by atoms with Crippen LogP contribution in [-0.2, 0) is 4.79 Å². The average Bonchev–Trinajstić information content (AvgIpc) is 3.29. The van der Waals surface area contributed by atoms with Gasteiger partial charge in [0.25, 0.3) is 0 Å². The van der Waals surface area contributed by atoms with Crippen LogP contribution in [0.5, 0.6) is 0 Å². The van der Waals surface area contributed by atoms with E-state index in [9.17, 15) is 4.79 Å². The first-order chi connectivity index (χ1) is 12.7. The standard InChI is InChI=1S/C20H13BrN2O3/c21-16-6-2-1-5-15(16)20-23-17-12-13(7-9-18(17)26-20)22-19(24)10-8-14-4-3-11-25-14/h1-12H,(H,22,24)/b10-8+. The Hall–Kier alpha value is -3.12. The number of hydrogen-bond acceptors (Lipinski definition) is 4. The van der Waals surface area contributed by atoms with E-state index in [0.29, 0.717) is 28.4 Å². The lowest BCUT2D eigenvalue weighted by Gasteiger charge is -2.00. The van der Waals surface area contributed by atoms with Crippen LogP contribution in [0, 0.1) is 0 Å². The van der Waals surface area contributed by atoms with Crippen molar-refractivity contribution >= 4 is 44.7 Å². The largest absolute Gasteiger partial charge is 0.465 e. The molecule has 0 aliphatic rings. The van der Waals surface area contributed by atoms with Gasteiger partial charge in [0.15, 0.2) is 5.58 Å². The molecule has 0 atom stereocenters. The minimum atomic E-state index is -0.254. The van der Waals surface area contributed by atoms with Crippen molar-refractivity contribution in [1.29, 1.82) is 0 Å². The van der Waals surface area contributed by atoms with Crippen LogP contribution in [0.1, 0.15) is 5.76 Å². The number of nitrogens with one attached hydrogen (secondary N) is 1. The minimum absolute atomic E-state index is 0.254. The van der Waals surface area contributed by atoms with Crippen molar-refractivity contribution in [2.24, 2.45) is 0 Å². The number of aromatic nitrogens is 1. The quantitative estimate of drug-likeness (QED) is 0.452. The molecule has 0 aliphatic heterocycles. The predicted octanol–water partition coefficient (Wildman–Crippen LogP) is 5.50. The van der Waals surface area contributed by atoms with Crippen LogP contribution in [0.25, 0.3) is 28.6 Å². The Labute approximate surface area is 157 Å². The number of oxazole rings is 1. The Balaban J connectivity index is 1.56. The van der Waals surface area contributed by atoms with E-state index >= 15 is 0 Å². The molecule has 6 heteroatoms. The Kier molecular flexibility index (Phi) is 4.41. The summed E-state index contributed by atoms with van der Waals surface area (Å²) in [5.41, 5.74) is 2.83. The van der Waals surface area contributed by atoms with Gasteiger partial charge in [-0.15, -0.1) is 0 Å². The maximum Gasteiger partial charge on any atom is 0.248 e. The minimum Gasteiger partial charge on any atom is -0.465 e. The lowest BCUT2D eigenvalue weighted by Crippen LogP contribution is -2.07. The molecule has 0 saturated heterocycles. The molecule has 2 aromatic heterocycles. The molecule has 2 aromatic carbocycles. The monoisotopic (exact) mass is 408 g/mol. The van der Waals surface area contributed by atoms with Gasteiger partial charge in [-0.1, -0.05) is 12.1 Å². The van der Waals surface area contributed by atoms with Gasteiger partial charge in [-0.05, 0) is 64.5 Å². The molecule has 26 heavy (non-hydrogen) atoms. The zero-order valence-corrected chi connectivity index (χ0v) is 15.1. The van der Waals surface area contributed by atoms with E-state index in [1.165, 1.54) is 6.08 Å². The fourth-order valence-corrected chi connectivity index (χ4v) is 2.94. The van der Waals surface area contributed by atoms with E-state index in [1.807, 2.05) is 24.3 Å². The SMILES string of the molecule is O=C(/C=C/c1ccco1)Nc1ccc2oc(-c3ccccc3Br)nc2c1. The third kappa shape index (κ3) is 3.45. The number of hydrogen-bond donors (Lipinski definition) is 1. The van der Waals surface area contributed by atoms with Crippen LogP contribution < -0.4 is 5.32 Å². The van der Waals surface area contributed by atoms with Crippen molar-refractivity contribution in [3.05, 3.63) is 77.2 Å². The Bertz CT molecular complexity index is 1100. The number of amides is 1. The summed E-state index contributed by atoms with van der Waals surface area (Å²) in [7, 11) is 0. The smallest absolute Gasteiger partial charge is 0.248 e. The van der Waals surface area contributed by atoms with E-state index < -0.39 is 0 Å². The molecular weight excluding hydrogens is 396 g/mol. The molecule has 0 spiro atoms. The predicted molar refractivity (Wildman–Crippen MR) is 104 cm³/mol. The second-order valence-electron chi connectivity index (χ2n) is 5.52.